The maximum atomic E-state index is 13.2. The van der Waals surface area contributed by atoms with Crippen molar-refractivity contribution in [3.63, 3.8) is 0 Å². The summed E-state index contributed by atoms with van der Waals surface area (Å²) in [6, 6.07) is 3.04. The second kappa shape index (κ2) is 2.82. The molecule has 0 saturated carbocycles. The molecule has 0 N–H and O–H groups in total. The summed E-state index contributed by atoms with van der Waals surface area (Å²) in [5.41, 5.74) is 1.05. The molecular formula is C10H6FNS. The summed E-state index contributed by atoms with van der Waals surface area (Å²) in [4.78, 5) is 4.22. The lowest BCUT2D eigenvalue weighted by molar-refractivity contribution is 0.626. The maximum Gasteiger partial charge on any atom is 0.140 e. The van der Waals surface area contributed by atoms with Gasteiger partial charge in [-0.15, -0.1) is 17.8 Å². The number of halogens is 1. The summed E-state index contributed by atoms with van der Waals surface area (Å²) in [7, 11) is 0. The number of aryl methyl sites for hydroxylation is 1. The van der Waals surface area contributed by atoms with Crippen molar-refractivity contribution in [1.82, 2.24) is 4.98 Å². The third-order valence-corrected chi connectivity index (χ3v) is 2.67. The second-order valence-electron chi connectivity index (χ2n) is 2.68. The molecule has 1 heterocycles. The Morgan fingerprint density at radius 3 is 3.00 bits per heavy atom. The van der Waals surface area contributed by atoms with Crippen LogP contribution in [0.3, 0.4) is 0 Å². The van der Waals surface area contributed by atoms with E-state index in [4.69, 9.17) is 6.42 Å². The molecule has 0 saturated heterocycles. The molecule has 2 aromatic rings. The van der Waals surface area contributed by atoms with E-state index in [9.17, 15) is 4.39 Å². The molecule has 0 aliphatic carbocycles. The van der Waals surface area contributed by atoms with Crippen molar-refractivity contribution in [2.45, 2.75) is 6.92 Å². The summed E-state index contributed by atoms with van der Waals surface area (Å²) in [5, 5.41) is 0.920. The Morgan fingerprint density at radius 1 is 1.54 bits per heavy atom. The summed E-state index contributed by atoms with van der Waals surface area (Å²) in [6.07, 6.45) is 5.13. The van der Waals surface area contributed by atoms with E-state index in [1.165, 1.54) is 17.4 Å². The lowest BCUT2D eigenvalue weighted by atomic mass is 10.2. The molecule has 0 amide bonds. The zero-order valence-corrected chi connectivity index (χ0v) is 7.78. The highest BCUT2D eigenvalue weighted by Gasteiger charge is 2.05. The van der Waals surface area contributed by atoms with Gasteiger partial charge in [-0.2, -0.15) is 0 Å². The first-order valence-electron chi connectivity index (χ1n) is 3.74. The van der Waals surface area contributed by atoms with E-state index in [1.54, 1.807) is 6.07 Å². The molecule has 13 heavy (non-hydrogen) atoms. The van der Waals surface area contributed by atoms with E-state index in [0.717, 1.165) is 15.2 Å². The van der Waals surface area contributed by atoms with Crippen molar-refractivity contribution < 1.29 is 4.39 Å². The van der Waals surface area contributed by atoms with E-state index in [-0.39, 0.29) is 11.4 Å². The van der Waals surface area contributed by atoms with Crippen LogP contribution in [0.15, 0.2) is 12.1 Å². The van der Waals surface area contributed by atoms with Crippen LogP contribution in [0.2, 0.25) is 0 Å². The van der Waals surface area contributed by atoms with Crippen molar-refractivity contribution in [2.75, 3.05) is 0 Å². The summed E-state index contributed by atoms with van der Waals surface area (Å²) in [6.45, 7) is 1.89. The zero-order valence-electron chi connectivity index (χ0n) is 6.97. The van der Waals surface area contributed by atoms with E-state index in [2.05, 4.69) is 10.9 Å². The summed E-state index contributed by atoms with van der Waals surface area (Å²) < 4.78 is 14.0. The predicted molar refractivity (Wildman–Crippen MR) is 52.3 cm³/mol. The van der Waals surface area contributed by atoms with Crippen LogP contribution in [0.5, 0.6) is 0 Å². The van der Waals surface area contributed by atoms with Crippen LogP contribution in [0.25, 0.3) is 10.2 Å². The number of hydrogen-bond donors (Lipinski definition) is 0. The third kappa shape index (κ3) is 1.30. The Balaban J connectivity index is 2.82. The van der Waals surface area contributed by atoms with Gasteiger partial charge in [0.2, 0.25) is 0 Å². The molecule has 3 heteroatoms. The fraction of sp³-hybridized carbons (Fsp3) is 0.100. The van der Waals surface area contributed by atoms with Crippen LogP contribution in [0.4, 0.5) is 4.39 Å². The Bertz CT molecular complexity index is 507. The average molecular weight is 191 g/mol. The molecule has 1 nitrogen and oxygen atoms in total. The molecular weight excluding hydrogens is 185 g/mol. The Kier molecular flexibility index (Phi) is 1.78. The maximum absolute atomic E-state index is 13.2. The SMILES string of the molecule is C#Cc1cc2nc(C)sc2cc1F. The first kappa shape index (κ1) is 8.21. The number of rotatable bonds is 0. The number of fused-ring (bicyclic) bond motifs is 1. The quantitative estimate of drug-likeness (QED) is 0.583. The third-order valence-electron chi connectivity index (χ3n) is 1.74. The molecule has 0 radical (unpaired) electrons. The molecule has 0 unspecified atom stereocenters. The van der Waals surface area contributed by atoms with Gasteiger partial charge in [0.15, 0.2) is 0 Å². The monoisotopic (exact) mass is 191 g/mol. The van der Waals surface area contributed by atoms with Crippen LogP contribution in [0.1, 0.15) is 10.6 Å². The molecule has 0 aliphatic heterocycles. The highest BCUT2D eigenvalue weighted by molar-refractivity contribution is 7.18. The lowest BCUT2D eigenvalue weighted by Crippen LogP contribution is -1.82. The normalized spacial score (nSPS) is 10.2. The number of aromatic nitrogens is 1. The van der Waals surface area contributed by atoms with Gasteiger partial charge in [-0.25, -0.2) is 9.37 Å². The number of hydrogen-bond acceptors (Lipinski definition) is 2. The Morgan fingerprint density at radius 2 is 2.31 bits per heavy atom. The standard InChI is InChI=1S/C10H6FNS/c1-3-7-4-9-10(5-8(7)11)13-6(2)12-9/h1,4-5H,2H3. The van der Waals surface area contributed by atoms with Gasteiger partial charge in [0.1, 0.15) is 5.82 Å². The average Bonchev–Trinajstić information content (AvgIpc) is 2.42. The molecule has 64 valence electrons. The first-order chi connectivity index (χ1) is 6.20. The fourth-order valence-corrected chi connectivity index (χ4v) is 2.01. The van der Waals surface area contributed by atoms with E-state index >= 15 is 0 Å². The van der Waals surface area contributed by atoms with Crippen LogP contribution in [-0.2, 0) is 0 Å². The zero-order chi connectivity index (χ0) is 9.42. The Labute approximate surface area is 79.2 Å². The molecule has 0 atom stereocenters. The van der Waals surface area contributed by atoms with Gasteiger partial charge in [0.05, 0.1) is 20.8 Å². The van der Waals surface area contributed by atoms with Crippen molar-refractivity contribution in [3.05, 3.63) is 28.5 Å². The van der Waals surface area contributed by atoms with Gasteiger partial charge in [-0.05, 0) is 19.1 Å². The minimum absolute atomic E-state index is 0.276. The van der Waals surface area contributed by atoms with Gasteiger partial charge in [-0.1, -0.05) is 5.92 Å². The highest BCUT2D eigenvalue weighted by atomic mass is 32.1. The van der Waals surface area contributed by atoms with Gasteiger partial charge >= 0.3 is 0 Å². The van der Waals surface area contributed by atoms with Crippen molar-refractivity contribution in [1.29, 1.82) is 0 Å². The number of terminal acetylenes is 1. The van der Waals surface area contributed by atoms with Crippen LogP contribution < -0.4 is 0 Å². The molecule has 0 bridgehead atoms. The molecule has 2 rings (SSSR count). The topological polar surface area (TPSA) is 12.9 Å². The molecule has 0 spiro atoms. The summed E-state index contributed by atoms with van der Waals surface area (Å²) >= 11 is 1.47. The fourth-order valence-electron chi connectivity index (χ4n) is 1.17. The summed E-state index contributed by atoms with van der Waals surface area (Å²) in [5.74, 6) is 1.94. The minimum atomic E-state index is -0.348. The van der Waals surface area contributed by atoms with Crippen molar-refractivity contribution >= 4 is 21.6 Å². The molecule has 1 aromatic carbocycles. The van der Waals surface area contributed by atoms with Crippen molar-refractivity contribution in [3.8, 4) is 12.3 Å². The molecule has 1 aromatic heterocycles. The number of nitrogens with zero attached hydrogens (tertiary/aromatic N) is 1. The highest BCUT2D eigenvalue weighted by Crippen LogP contribution is 2.24. The van der Waals surface area contributed by atoms with Crippen molar-refractivity contribution in [2.24, 2.45) is 0 Å². The molecule has 0 fully saturated rings. The van der Waals surface area contributed by atoms with Gasteiger partial charge in [-0.3, -0.25) is 0 Å². The Hall–Kier alpha value is -1.40. The molecule has 0 aliphatic rings. The second-order valence-corrected chi connectivity index (χ2v) is 3.91. The minimum Gasteiger partial charge on any atom is -0.241 e. The van der Waals surface area contributed by atoms with Gasteiger partial charge in [0.25, 0.3) is 0 Å². The smallest absolute Gasteiger partial charge is 0.140 e. The largest absolute Gasteiger partial charge is 0.241 e. The van der Waals surface area contributed by atoms with Crippen LogP contribution in [-0.4, -0.2) is 4.98 Å². The van der Waals surface area contributed by atoms with Gasteiger partial charge in [0, 0.05) is 0 Å². The van der Waals surface area contributed by atoms with E-state index in [1.807, 2.05) is 6.92 Å². The lowest BCUT2D eigenvalue weighted by Gasteiger charge is -1.92. The van der Waals surface area contributed by atoms with E-state index < -0.39 is 0 Å². The van der Waals surface area contributed by atoms with Crippen LogP contribution >= 0.6 is 11.3 Å². The van der Waals surface area contributed by atoms with Gasteiger partial charge < -0.3 is 0 Å². The van der Waals surface area contributed by atoms with E-state index in [0.29, 0.717) is 0 Å². The number of benzene rings is 1. The number of thiazole rings is 1. The predicted octanol–water partition coefficient (Wildman–Crippen LogP) is 2.73. The van der Waals surface area contributed by atoms with Crippen LogP contribution in [0, 0.1) is 25.1 Å². The first-order valence-corrected chi connectivity index (χ1v) is 4.55.